The maximum absolute atomic E-state index is 11.9. The highest BCUT2D eigenvalue weighted by Crippen LogP contribution is 2.15. The lowest BCUT2D eigenvalue weighted by molar-refractivity contribution is -0.122. The van der Waals surface area contributed by atoms with Crippen molar-refractivity contribution in [2.24, 2.45) is 10.2 Å². The van der Waals surface area contributed by atoms with Gasteiger partial charge >= 0.3 is 0 Å². The van der Waals surface area contributed by atoms with Crippen LogP contribution in [0.2, 0.25) is 0 Å². The Balaban J connectivity index is 3.36. The van der Waals surface area contributed by atoms with Crippen LogP contribution in [0.25, 0.3) is 0 Å². The highest BCUT2D eigenvalue weighted by Gasteiger charge is 2.04. The number of carbonyl (C=O) groups excluding carboxylic acids is 2. The van der Waals surface area contributed by atoms with Crippen molar-refractivity contribution in [2.75, 3.05) is 0 Å². The summed E-state index contributed by atoms with van der Waals surface area (Å²) in [6, 6.07) is 0. The lowest BCUT2D eigenvalue weighted by atomic mass is 10.0. The fourth-order valence-corrected chi connectivity index (χ4v) is 6.10. The normalized spacial score (nSPS) is 11.6. The lowest BCUT2D eigenvalue weighted by Crippen LogP contribution is -2.20. The fourth-order valence-electron chi connectivity index (χ4n) is 6.10. The second-order valence-electron chi connectivity index (χ2n) is 14.0. The number of amides is 2. The van der Waals surface area contributed by atoms with Crippen molar-refractivity contribution in [1.82, 2.24) is 10.9 Å². The van der Waals surface area contributed by atoms with E-state index in [4.69, 9.17) is 0 Å². The minimum absolute atomic E-state index is 0.137. The molecule has 0 aliphatic carbocycles. The van der Waals surface area contributed by atoms with E-state index in [9.17, 15) is 9.59 Å². The minimum atomic E-state index is -0.137. The number of hydrogen-bond acceptors (Lipinski definition) is 4. The summed E-state index contributed by atoms with van der Waals surface area (Å²) in [5.74, 6) is -0.274. The maximum atomic E-state index is 11.9. The molecule has 0 atom stereocenters. The van der Waals surface area contributed by atoms with Gasteiger partial charge in [-0.05, 0) is 32.1 Å². The van der Waals surface area contributed by atoms with Crippen molar-refractivity contribution in [3.05, 3.63) is 0 Å². The molecule has 2 N–H and O–H groups in total. The highest BCUT2D eigenvalue weighted by atomic mass is 16.2. The van der Waals surface area contributed by atoms with E-state index in [-0.39, 0.29) is 11.8 Å². The standard InChI is InChI=1S/C41H80N4O2/c1-3-5-7-9-11-13-15-17-19-21-23-25-27-29-31-33-38-42-44-40(46)36-35-37-41(47)45-43-39-34-32-30-28-26-24-22-20-18-16-14-12-10-8-6-4-2/h38-39H,3-37H2,1-2H3,(H,44,46)(H,45,47)/b42-38-,43-39?. The summed E-state index contributed by atoms with van der Waals surface area (Å²) in [4.78, 5) is 23.9. The Morgan fingerprint density at radius 3 is 0.851 bits per heavy atom. The number of carbonyl (C=O) groups is 2. The number of nitrogens with zero attached hydrogens (tertiary/aromatic N) is 2. The van der Waals surface area contributed by atoms with E-state index in [1.165, 1.54) is 180 Å². The quantitative estimate of drug-likeness (QED) is 0.0392. The number of hydrogen-bond donors (Lipinski definition) is 2. The number of rotatable bonds is 38. The summed E-state index contributed by atoms with van der Waals surface area (Å²) in [6.45, 7) is 4.56. The molecule has 0 radical (unpaired) electrons. The molecule has 47 heavy (non-hydrogen) atoms. The third kappa shape index (κ3) is 40.4. The zero-order valence-corrected chi connectivity index (χ0v) is 31.6. The maximum Gasteiger partial charge on any atom is 0.240 e. The first-order valence-corrected chi connectivity index (χ1v) is 20.8. The van der Waals surface area contributed by atoms with Gasteiger partial charge in [0.1, 0.15) is 0 Å². The van der Waals surface area contributed by atoms with Crippen LogP contribution < -0.4 is 10.9 Å². The van der Waals surface area contributed by atoms with Gasteiger partial charge in [-0.3, -0.25) is 9.59 Å². The van der Waals surface area contributed by atoms with Crippen LogP contribution in [0.15, 0.2) is 10.2 Å². The zero-order chi connectivity index (χ0) is 34.1. The molecule has 0 aliphatic heterocycles. The van der Waals surface area contributed by atoms with E-state index in [1.54, 1.807) is 12.4 Å². The molecule has 0 saturated heterocycles. The molecule has 0 rings (SSSR count). The molecule has 276 valence electrons. The number of unbranched alkanes of at least 4 members (excludes halogenated alkanes) is 30. The van der Waals surface area contributed by atoms with Gasteiger partial charge in [-0.25, -0.2) is 10.9 Å². The molecular weight excluding hydrogens is 580 g/mol. The third-order valence-corrected chi connectivity index (χ3v) is 9.24. The van der Waals surface area contributed by atoms with Crippen LogP contribution in [0.1, 0.15) is 239 Å². The van der Waals surface area contributed by atoms with E-state index in [0.717, 1.165) is 25.7 Å². The summed E-state index contributed by atoms with van der Waals surface area (Å²) in [5.41, 5.74) is 5.17. The van der Waals surface area contributed by atoms with Gasteiger partial charge in [0.05, 0.1) is 0 Å². The van der Waals surface area contributed by atoms with Gasteiger partial charge in [-0.1, -0.05) is 194 Å². The van der Waals surface area contributed by atoms with Crippen molar-refractivity contribution in [3.63, 3.8) is 0 Å². The Hall–Kier alpha value is -1.72. The van der Waals surface area contributed by atoms with Crippen molar-refractivity contribution in [3.8, 4) is 0 Å². The molecule has 0 spiro atoms. The Labute approximate surface area is 292 Å². The predicted molar refractivity (Wildman–Crippen MR) is 206 cm³/mol. The van der Waals surface area contributed by atoms with Crippen LogP contribution in [0.4, 0.5) is 0 Å². The monoisotopic (exact) mass is 661 g/mol. The lowest BCUT2D eigenvalue weighted by Gasteiger charge is -2.03. The Bertz CT molecular complexity index is 652. The molecule has 0 saturated carbocycles. The average Bonchev–Trinajstić information content (AvgIpc) is 3.07. The molecule has 0 fully saturated rings. The SMILES string of the molecule is CCCCCCCCCCCCCCCCCC=NNC(=O)CCCC(=O)N/N=C\CCCCCCCCCCCCCCCCC. The van der Waals surface area contributed by atoms with E-state index in [0.29, 0.717) is 19.3 Å². The van der Waals surface area contributed by atoms with E-state index >= 15 is 0 Å². The van der Waals surface area contributed by atoms with Crippen LogP contribution >= 0.6 is 0 Å². The van der Waals surface area contributed by atoms with Crippen LogP contribution in [0.3, 0.4) is 0 Å². The Morgan fingerprint density at radius 1 is 0.362 bits per heavy atom. The highest BCUT2D eigenvalue weighted by molar-refractivity contribution is 5.79. The van der Waals surface area contributed by atoms with Gasteiger partial charge < -0.3 is 0 Å². The second-order valence-corrected chi connectivity index (χ2v) is 14.0. The summed E-state index contributed by atoms with van der Waals surface area (Å²) in [7, 11) is 0. The van der Waals surface area contributed by atoms with Gasteiger partial charge in [0.25, 0.3) is 0 Å². The molecule has 0 unspecified atom stereocenters. The summed E-state index contributed by atoms with van der Waals surface area (Å²) < 4.78 is 0. The smallest absolute Gasteiger partial charge is 0.240 e. The van der Waals surface area contributed by atoms with Gasteiger partial charge in [0.2, 0.25) is 11.8 Å². The number of nitrogens with one attached hydrogen (secondary N) is 2. The molecule has 0 bridgehead atoms. The van der Waals surface area contributed by atoms with Crippen molar-refractivity contribution >= 4 is 24.2 Å². The van der Waals surface area contributed by atoms with E-state index in [1.807, 2.05) is 0 Å². The molecule has 0 aromatic rings. The van der Waals surface area contributed by atoms with Gasteiger partial charge in [0, 0.05) is 25.3 Å². The molecule has 0 aromatic carbocycles. The van der Waals surface area contributed by atoms with E-state index < -0.39 is 0 Å². The fraction of sp³-hybridized carbons (Fsp3) is 0.902. The van der Waals surface area contributed by atoms with E-state index in [2.05, 4.69) is 34.9 Å². The van der Waals surface area contributed by atoms with Crippen molar-refractivity contribution in [2.45, 2.75) is 239 Å². The van der Waals surface area contributed by atoms with Gasteiger partial charge in [0.15, 0.2) is 0 Å². The Kier molecular flexibility index (Phi) is 39.0. The molecule has 6 heteroatoms. The van der Waals surface area contributed by atoms with Gasteiger partial charge in [-0.2, -0.15) is 10.2 Å². The zero-order valence-electron chi connectivity index (χ0n) is 31.6. The van der Waals surface area contributed by atoms with Crippen LogP contribution in [0.5, 0.6) is 0 Å². The molecule has 0 aromatic heterocycles. The minimum Gasteiger partial charge on any atom is -0.273 e. The largest absolute Gasteiger partial charge is 0.273 e. The van der Waals surface area contributed by atoms with Crippen LogP contribution in [-0.2, 0) is 9.59 Å². The molecule has 0 heterocycles. The summed E-state index contributed by atoms with van der Waals surface area (Å²) >= 11 is 0. The summed E-state index contributed by atoms with van der Waals surface area (Å²) in [6.07, 6.45) is 47.4. The first-order valence-electron chi connectivity index (χ1n) is 20.8. The average molecular weight is 661 g/mol. The van der Waals surface area contributed by atoms with Crippen molar-refractivity contribution < 1.29 is 9.59 Å². The van der Waals surface area contributed by atoms with Crippen LogP contribution in [-0.4, -0.2) is 24.2 Å². The molecule has 6 nitrogen and oxygen atoms in total. The molecule has 2 amide bonds. The third-order valence-electron chi connectivity index (χ3n) is 9.24. The first-order chi connectivity index (χ1) is 23.2. The summed E-state index contributed by atoms with van der Waals surface area (Å²) in [5, 5.41) is 8.11. The molecular formula is C41H80N4O2. The second kappa shape index (κ2) is 40.5. The first kappa shape index (κ1) is 45.3. The van der Waals surface area contributed by atoms with Gasteiger partial charge in [-0.15, -0.1) is 0 Å². The number of hydrazone groups is 2. The molecule has 0 aliphatic rings. The predicted octanol–water partition coefficient (Wildman–Crippen LogP) is 12.9. The Morgan fingerprint density at radius 2 is 0.596 bits per heavy atom. The topological polar surface area (TPSA) is 82.9 Å². The van der Waals surface area contributed by atoms with Crippen molar-refractivity contribution in [1.29, 1.82) is 0 Å². The van der Waals surface area contributed by atoms with Crippen LogP contribution in [0, 0.1) is 0 Å².